The maximum Gasteiger partial charge on any atom is 0.325 e. The molecule has 0 unspecified atom stereocenters. The molecule has 0 aromatic heterocycles. The van der Waals surface area contributed by atoms with Crippen molar-refractivity contribution in [2.24, 2.45) is 0 Å². The van der Waals surface area contributed by atoms with E-state index in [1.54, 1.807) is 12.1 Å². The van der Waals surface area contributed by atoms with Gasteiger partial charge in [-0.2, -0.15) is 0 Å². The van der Waals surface area contributed by atoms with Gasteiger partial charge in [0.05, 0.1) is 6.54 Å². The first-order valence-electron chi connectivity index (χ1n) is 8.01. The highest BCUT2D eigenvalue weighted by molar-refractivity contribution is 6.30. The van der Waals surface area contributed by atoms with Crippen LogP contribution in [0.4, 0.5) is 4.79 Å². The van der Waals surface area contributed by atoms with Gasteiger partial charge in [-0.3, -0.25) is 9.69 Å². The molecule has 5 heteroatoms. The van der Waals surface area contributed by atoms with Gasteiger partial charge < -0.3 is 5.32 Å². The van der Waals surface area contributed by atoms with Gasteiger partial charge in [0.25, 0.3) is 5.91 Å². The summed E-state index contributed by atoms with van der Waals surface area (Å²) in [6.07, 6.45) is 1.36. The number of carbonyl (C=O) groups excluding carboxylic acids is 2. The van der Waals surface area contributed by atoms with Gasteiger partial charge >= 0.3 is 6.03 Å². The summed E-state index contributed by atoms with van der Waals surface area (Å²) in [5.41, 5.74) is 0.714. The number of rotatable bonds is 5. The molecule has 1 aliphatic heterocycles. The van der Waals surface area contributed by atoms with Crippen molar-refractivity contribution in [3.8, 4) is 0 Å². The molecule has 1 N–H and O–H groups in total. The SMILES string of the molecule is CCC[C@@]1(c2ccccc2)NC(=O)N(Cc2ccc(Cl)cc2)C1=O. The van der Waals surface area contributed by atoms with Crippen LogP contribution in [-0.2, 0) is 16.9 Å². The van der Waals surface area contributed by atoms with Crippen molar-refractivity contribution >= 4 is 23.5 Å². The van der Waals surface area contributed by atoms with Crippen LogP contribution in [0.25, 0.3) is 0 Å². The highest BCUT2D eigenvalue weighted by Crippen LogP contribution is 2.34. The lowest BCUT2D eigenvalue weighted by molar-refractivity contribution is -0.132. The van der Waals surface area contributed by atoms with E-state index >= 15 is 0 Å². The molecule has 2 aromatic rings. The van der Waals surface area contributed by atoms with Gasteiger partial charge in [0.2, 0.25) is 0 Å². The van der Waals surface area contributed by atoms with E-state index in [0.717, 1.165) is 17.5 Å². The summed E-state index contributed by atoms with van der Waals surface area (Å²) in [6.45, 7) is 2.24. The minimum absolute atomic E-state index is 0.199. The Morgan fingerprint density at radius 1 is 1.04 bits per heavy atom. The third-order valence-electron chi connectivity index (χ3n) is 4.32. The fourth-order valence-electron chi connectivity index (χ4n) is 3.15. The van der Waals surface area contributed by atoms with E-state index in [9.17, 15) is 9.59 Å². The molecule has 0 aliphatic carbocycles. The Morgan fingerprint density at radius 2 is 1.71 bits per heavy atom. The van der Waals surface area contributed by atoms with Gasteiger partial charge in [0.15, 0.2) is 0 Å². The first-order valence-corrected chi connectivity index (χ1v) is 8.38. The average molecular weight is 343 g/mol. The van der Waals surface area contributed by atoms with Crippen LogP contribution in [0.3, 0.4) is 0 Å². The molecule has 3 amide bonds. The molecule has 1 aliphatic rings. The van der Waals surface area contributed by atoms with Crippen LogP contribution in [0.2, 0.25) is 5.02 Å². The molecule has 24 heavy (non-hydrogen) atoms. The molecular weight excluding hydrogens is 324 g/mol. The summed E-state index contributed by atoms with van der Waals surface area (Å²) in [5, 5.41) is 3.55. The van der Waals surface area contributed by atoms with E-state index in [4.69, 9.17) is 11.6 Å². The molecule has 0 saturated carbocycles. The Bertz CT molecular complexity index is 746. The molecule has 124 valence electrons. The molecular formula is C19H19ClN2O2. The summed E-state index contributed by atoms with van der Waals surface area (Å²) in [6, 6.07) is 16.2. The maximum absolute atomic E-state index is 13.1. The number of carbonyl (C=O) groups is 2. The lowest BCUT2D eigenvalue weighted by atomic mass is 9.85. The number of imide groups is 1. The molecule has 1 fully saturated rings. The standard InChI is InChI=1S/C19H19ClN2O2/c1-2-12-19(15-6-4-3-5-7-15)17(23)22(18(24)21-19)13-14-8-10-16(20)11-9-14/h3-11H,2,12-13H2,1H3,(H,21,24)/t19-/m0/s1. The fourth-order valence-corrected chi connectivity index (χ4v) is 3.28. The zero-order chi connectivity index (χ0) is 17.2. The summed E-state index contributed by atoms with van der Waals surface area (Å²) < 4.78 is 0. The lowest BCUT2D eigenvalue weighted by Crippen LogP contribution is -2.43. The molecule has 1 atom stereocenters. The summed E-state index contributed by atoms with van der Waals surface area (Å²) in [7, 11) is 0. The summed E-state index contributed by atoms with van der Waals surface area (Å²) in [5.74, 6) is -0.199. The zero-order valence-electron chi connectivity index (χ0n) is 13.5. The Balaban J connectivity index is 1.92. The number of amides is 3. The average Bonchev–Trinajstić information content (AvgIpc) is 2.83. The van der Waals surface area contributed by atoms with E-state index in [0.29, 0.717) is 11.4 Å². The van der Waals surface area contributed by atoms with Crippen LogP contribution < -0.4 is 5.32 Å². The van der Waals surface area contributed by atoms with Gasteiger partial charge in [-0.15, -0.1) is 0 Å². The number of urea groups is 1. The monoisotopic (exact) mass is 342 g/mol. The van der Waals surface area contributed by atoms with Gasteiger partial charge in [0, 0.05) is 5.02 Å². The van der Waals surface area contributed by atoms with E-state index in [1.807, 2.05) is 49.4 Å². The Kier molecular flexibility index (Phi) is 4.58. The van der Waals surface area contributed by atoms with Crippen LogP contribution >= 0.6 is 11.6 Å². The van der Waals surface area contributed by atoms with E-state index in [1.165, 1.54) is 4.90 Å². The summed E-state index contributed by atoms with van der Waals surface area (Å²) in [4.78, 5) is 26.9. The van der Waals surface area contributed by atoms with E-state index in [-0.39, 0.29) is 18.5 Å². The van der Waals surface area contributed by atoms with Crippen LogP contribution in [0.1, 0.15) is 30.9 Å². The van der Waals surface area contributed by atoms with E-state index < -0.39 is 5.54 Å². The second kappa shape index (κ2) is 6.65. The Morgan fingerprint density at radius 3 is 2.33 bits per heavy atom. The Labute approximate surface area is 146 Å². The summed E-state index contributed by atoms with van der Waals surface area (Å²) >= 11 is 5.89. The molecule has 0 radical (unpaired) electrons. The molecule has 4 nitrogen and oxygen atoms in total. The molecule has 2 aromatic carbocycles. The smallest absolute Gasteiger partial charge is 0.319 e. The van der Waals surface area contributed by atoms with Crippen LogP contribution in [0, 0.1) is 0 Å². The minimum Gasteiger partial charge on any atom is -0.319 e. The van der Waals surface area contributed by atoms with Gasteiger partial charge in [-0.25, -0.2) is 4.79 Å². The van der Waals surface area contributed by atoms with Gasteiger partial charge in [-0.05, 0) is 29.7 Å². The highest BCUT2D eigenvalue weighted by Gasteiger charge is 2.51. The highest BCUT2D eigenvalue weighted by atomic mass is 35.5. The second-order valence-electron chi connectivity index (χ2n) is 5.97. The van der Waals surface area contributed by atoms with Crippen LogP contribution in [0.5, 0.6) is 0 Å². The minimum atomic E-state index is -0.973. The zero-order valence-corrected chi connectivity index (χ0v) is 14.2. The number of halogens is 1. The normalized spacial score (nSPS) is 20.3. The number of benzene rings is 2. The first-order chi connectivity index (χ1) is 11.6. The van der Waals surface area contributed by atoms with Crippen LogP contribution in [-0.4, -0.2) is 16.8 Å². The topological polar surface area (TPSA) is 49.4 Å². The Hall–Kier alpha value is -2.33. The lowest BCUT2D eigenvalue weighted by Gasteiger charge is -2.27. The molecule has 3 rings (SSSR count). The quantitative estimate of drug-likeness (QED) is 0.832. The van der Waals surface area contributed by atoms with Crippen molar-refractivity contribution in [2.45, 2.75) is 31.8 Å². The fraction of sp³-hybridized carbons (Fsp3) is 0.263. The van der Waals surface area contributed by atoms with Crippen LogP contribution in [0.15, 0.2) is 54.6 Å². The molecule has 0 spiro atoms. The maximum atomic E-state index is 13.1. The molecule has 1 saturated heterocycles. The third-order valence-corrected chi connectivity index (χ3v) is 4.57. The van der Waals surface area contributed by atoms with Crippen molar-refractivity contribution < 1.29 is 9.59 Å². The van der Waals surface area contributed by atoms with Crippen molar-refractivity contribution in [2.75, 3.05) is 0 Å². The number of nitrogens with zero attached hydrogens (tertiary/aromatic N) is 1. The van der Waals surface area contributed by atoms with Crippen molar-refractivity contribution in [3.05, 3.63) is 70.7 Å². The van der Waals surface area contributed by atoms with E-state index in [2.05, 4.69) is 5.32 Å². The largest absolute Gasteiger partial charge is 0.325 e. The molecule has 0 bridgehead atoms. The van der Waals surface area contributed by atoms with Crippen molar-refractivity contribution in [1.29, 1.82) is 0 Å². The van der Waals surface area contributed by atoms with Crippen molar-refractivity contribution in [1.82, 2.24) is 10.2 Å². The number of nitrogens with one attached hydrogen (secondary N) is 1. The third kappa shape index (κ3) is 2.89. The van der Waals surface area contributed by atoms with Crippen molar-refractivity contribution in [3.63, 3.8) is 0 Å². The van der Waals surface area contributed by atoms with Gasteiger partial charge in [0.1, 0.15) is 5.54 Å². The predicted molar refractivity (Wildman–Crippen MR) is 93.6 cm³/mol. The first kappa shape index (κ1) is 16.5. The number of hydrogen-bond acceptors (Lipinski definition) is 2. The molecule has 1 heterocycles. The van der Waals surface area contributed by atoms with Gasteiger partial charge in [-0.1, -0.05) is 67.4 Å². The second-order valence-corrected chi connectivity index (χ2v) is 6.41. The predicted octanol–water partition coefficient (Wildman–Crippen LogP) is 4.09. The number of hydrogen-bond donors (Lipinski definition) is 1.